The first-order chi connectivity index (χ1) is 9.95. The molecule has 0 heterocycles. The van der Waals surface area contributed by atoms with Gasteiger partial charge in [0.25, 0.3) is 5.91 Å². The van der Waals surface area contributed by atoms with E-state index in [-0.39, 0.29) is 5.75 Å². The van der Waals surface area contributed by atoms with Crippen LogP contribution in [-0.2, 0) is 9.59 Å². The van der Waals surface area contributed by atoms with E-state index in [9.17, 15) is 9.59 Å². The van der Waals surface area contributed by atoms with Crippen molar-refractivity contribution in [2.24, 2.45) is 0 Å². The van der Waals surface area contributed by atoms with Crippen molar-refractivity contribution < 1.29 is 14.7 Å². The third-order valence-electron chi connectivity index (χ3n) is 2.90. The standard InChI is InChI=1S/C14H19ClN2O3S/c1-2-8-17(11-6-4-3-5-7-11)14(15,10-21)13(20)16-9-12(18)19/h3-7,21H,2,8-10H2,1H3,(H,16,20)(H,18,19)/t14-/m0/s1. The molecule has 0 fully saturated rings. The molecule has 0 saturated carbocycles. The lowest BCUT2D eigenvalue weighted by Gasteiger charge is -2.38. The number of rotatable bonds is 8. The number of thiol groups is 1. The average Bonchev–Trinajstić information content (AvgIpc) is 2.50. The van der Waals surface area contributed by atoms with Gasteiger partial charge in [0, 0.05) is 18.0 Å². The first kappa shape index (κ1) is 17.7. The highest BCUT2D eigenvalue weighted by Gasteiger charge is 2.41. The quantitative estimate of drug-likeness (QED) is 0.387. The number of carboxylic acids is 1. The van der Waals surface area contributed by atoms with Gasteiger partial charge >= 0.3 is 5.97 Å². The Morgan fingerprint density at radius 2 is 2.00 bits per heavy atom. The minimum atomic E-state index is -1.43. The van der Waals surface area contributed by atoms with Gasteiger partial charge in [0.15, 0.2) is 0 Å². The lowest BCUT2D eigenvalue weighted by atomic mass is 10.2. The van der Waals surface area contributed by atoms with Crippen molar-refractivity contribution in [3.63, 3.8) is 0 Å². The van der Waals surface area contributed by atoms with E-state index in [4.69, 9.17) is 16.7 Å². The zero-order valence-electron chi connectivity index (χ0n) is 11.8. The van der Waals surface area contributed by atoms with Crippen LogP contribution < -0.4 is 10.2 Å². The molecular weight excluding hydrogens is 312 g/mol. The van der Waals surface area contributed by atoms with Crippen molar-refractivity contribution in [3.8, 4) is 0 Å². The molecular formula is C14H19ClN2O3S. The van der Waals surface area contributed by atoms with E-state index in [1.54, 1.807) is 4.90 Å². The molecule has 0 aliphatic heterocycles. The molecule has 0 spiro atoms. The monoisotopic (exact) mass is 330 g/mol. The van der Waals surface area contributed by atoms with Crippen molar-refractivity contribution in [1.82, 2.24) is 5.32 Å². The second-order valence-electron chi connectivity index (χ2n) is 4.48. The summed E-state index contributed by atoms with van der Waals surface area (Å²) in [6.45, 7) is 2.05. The van der Waals surface area contributed by atoms with Crippen LogP contribution in [0.4, 0.5) is 5.69 Å². The number of nitrogens with zero attached hydrogens (tertiary/aromatic N) is 1. The van der Waals surface area contributed by atoms with Crippen LogP contribution in [0.15, 0.2) is 30.3 Å². The lowest BCUT2D eigenvalue weighted by molar-refractivity contribution is -0.138. The molecule has 1 amide bonds. The van der Waals surface area contributed by atoms with Gasteiger partial charge in [-0.3, -0.25) is 9.59 Å². The van der Waals surface area contributed by atoms with Crippen molar-refractivity contribution in [2.45, 2.75) is 18.3 Å². The van der Waals surface area contributed by atoms with Crippen LogP contribution in [0.2, 0.25) is 0 Å². The Balaban J connectivity index is 3.05. The number of halogens is 1. The number of benzene rings is 1. The Labute approximate surface area is 134 Å². The Morgan fingerprint density at radius 3 is 2.48 bits per heavy atom. The number of hydrogen-bond acceptors (Lipinski definition) is 4. The number of carbonyl (C=O) groups excluding carboxylic acids is 1. The van der Waals surface area contributed by atoms with Crippen molar-refractivity contribution in [1.29, 1.82) is 0 Å². The highest BCUT2D eigenvalue weighted by Crippen LogP contribution is 2.29. The minimum Gasteiger partial charge on any atom is -0.480 e. The highest BCUT2D eigenvalue weighted by molar-refractivity contribution is 7.80. The van der Waals surface area contributed by atoms with Crippen LogP contribution in [0.25, 0.3) is 0 Å². The fourth-order valence-electron chi connectivity index (χ4n) is 1.91. The molecule has 21 heavy (non-hydrogen) atoms. The first-order valence-electron chi connectivity index (χ1n) is 6.58. The zero-order valence-corrected chi connectivity index (χ0v) is 13.4. The minimum absolute atomic E-state index is 0.0505. The summed E-state index contributed by atoms with van der Waals surface area (Å²) in [7, 11) is 0. The molecule has 2 N–H and O–H groups in total. The molecule has 0 aromatic heterocycles. The number of anilines is 1. The van der Waals surface area contributed by atoms with Gasteiger partial charge in [0.2, 0.25) is 5.00 Å². The van der Waals surface area contributed by atoms with Crippen LogP contribution in [0, 0.1) is 0 Å². The molecule has 1 aromatic carbocycles. The number of aliphatic carboxylic acids is 1. The fraction of sp³-hybridized carbons (Fsp3) is 0.429. The van der Waals surface area contributed by atoms with Crippen LogP contribution >= 0.6 is 24.2 Å². The van der Waals surface area contributed by atoms with Gasteiger partial charge in [-0.2, -0.15) is 12.6 Å². The van der Waals surface area contributed by atoms with E-state index >= 15 is 0 Å². The molecule has 0 saturated heterocycles. The Morgan fingerprint density at radius 1 is 1.38 bits per heavy atom. The van der Waals surface area contributed by atoms with E-state index in [0.29, 0.717) is 6.54 Å². The molecule has 1 atom stereocenters. The molecule has 7 heteroatoms. The predicted octanol–water partition coefficient (Wildman–Crippen LogP) is 1.97. The highest BCUT2D eigenvalue weighted by atomic mass is 35.5. The Hall–Kier alpha value is -1.40. The average molecular weight is 331 g/mol. The maximum atomic E-state index is 12.3. The van der Waals surface area contributed by atoms with Gasteiger partial charge in [-0.05, 0) is 18.6 Å². The smallest absolute Gasteiger partial charge is 0.322 e. The zero-order chi connectivity index (χ0) is 15.9. The maximum Gasteiger partial charge on any atom is 0.322 e. The van der Waals surface area contributed by atoms with Gasteiger partial charge < -0.3 is 15.3 Å². The maximum absolute atomic E-state index is 12.3. The normalized spacial score (nSPS) is 13.3. The second-order valence-corrected chi connectivity index (χ2v) is 5.42. The summed E-state index contributed by atoms with van der Waals surface area (Å²) in [5, 5.41) is 11.0. The van der Waals surface area contributed by atoms with Crippen molar-refractivity contribution in [2.75, 3.05) is 23.7 Å². The molecule has 0 aliphatic rings. The van der Waals surface area contributed by atoms with E-state index < -0.39 is 23.4 Å². The molecule has 0 unspecified atom stereocenters. The lowest BCUT2D eigenvalue weighted by Crippen LogP contribution is -2.57. The second kappa shape index (κ2) is 8.14. The summed E-state index contributed by atoms with van der Waals surface area (Å²) in [6, 6.07) is 9.27. The molecule has 1 aromatic rings. The van der Waals surface area contributed by atoms with Crippen LogP contribution in [0.5, 0.6) is 0 Å². The molecule has 0 bridgehead atoms. The molecule has 5 nitrogen and oxygen atoms in total. The number of para-hydroxylation sites is 1. The van der Waals surface area contributed by atoms with Gasteiger partial charge in [-0.1, -0.05) is 36.7 Å². The van der Waals surface area contributed by atoms with E-state index in [1.165, 1.54) is 0 Å². The SMILES string of the molecule is CCCN(c1ccccc1)[C@@](Cl)(CS)C(=O)NCC(=O)O. The summed E-state index contributed by atoms with van der Waals surface area (Å²) < 4.78 is 0. The van der Waals surface area contributed by atoms with Crippen molar-refractivity contribution >= 4 is 41.8 Å². The van der Waals surface area contributed by atoms with E-state index in [0.717, 1.165) is 12.1 Å². The summed E-state index contributed by atoms with van der Waals surface area (Å²) in [5.41, 5.74) is 0.786. The Kier molecular flexibility index (Phi) is 6.84. The van der Waals surface area contributed by atoms with E-state index in [1.807, 2.05) is 37.3 Å². The molecule has 116 valence electrons. The topological polar surface area (TPSA) is 69.6 Å². The number of amides is 1. The molecule has 0 radical (unpaired) electrons. The largest absolute Gasteiger partial charge is 0.480 e. The molecule has 0 aliphatic carbocycles. The third-order valence-corrected chi connectivity index (χ3v) is 4.05. The number of carbonyl (C=O) groups is 2. The number of hydrogen-bond donors (Lipinski definition) is 3. The number of carboxylic acid groups (broad SMARTS) is 1. The molecule has 1 rings (SSSR count). The third kappa shape index (κ3) is 4.54. The van der Waals surface area contributed by atoms with Crippen molar-refractivity contribution in [3.05, 3.63) is 30.3 Å². The van der Waals surface area contributed by atoms with Gasteiger partial charge in [-0.15, -0.1) is 0 Å². The summed E-state index contributed by atoms with van der Waals surface area (Å²) in [5.74, 6) is -1.64. The van der Waals surface area contributed by atoms with Gasteiger partial charge in [0.05, 0.1) is 0 Å². The summed E-state index contributed by atoms with van der Waals surface area (Å²) in [4.78, 5) is 23.2. The fourth-order valence-corrected chi connectivity index (χ4v) is 2.48. The number of alkyl halides is 1. The van der Waals surface area contributed by atoms with Crippen LogP contribution in [0.3, 0.4) is 0 Å². The predicted molar refractivity (Wildman–Crippen MR) is 87.2 cm³/mol. The van der Waals surface area contributed by atoms with Gasteiger partial charge in [0.1, 0.15) is 6.54 Å². The van der Waals surface area contributed by atoms with Crippen LogP contribution in [-0.4, -0.2) is 40.8 Å². The Bertz CT molecular complexity index is 486. The van der Waals surface area contributed by atoms with Gasteiger partial charge in [-0.25, -0.2) is 0 Å². The summed E-state index contributed by atoms with van der Waals surface area (Å²) >= 11 is 10.7. The number of nitrogens with one attached hydrogen (secondary N) is 1. The summed E-state index contributed by atoms with van der Waals surface area (Å²) in [6.07, 6.45) is 0.781. The van der Waals surface area contributed by atoms with E-state index in [2.05, 4.69) is 17.9 Å². The van der Waals surface area contributed by atoms with Crippen LogP contribution in [0.1, 0.15) is 13.3 Å². The first-order valence-corrected chi connectivity index (χ1v) is 7.59.